The van der Waals surface area contributed by atoms with Crippen LogP contribution in [0.15, 0.2) is 42.6 Å². The number of nitrogens with one attached hydrogen (secondary N) is 2. The number of nitro benzene ring substituents is 1. The van der Waals surface area contributed by atoms with Crippen LogP contribution in [0.25, 0.3) is 10.9 Å². The minimum Gasteiger partial charge on any atom is -0.452 e. The van der Waals surface area contributed by atoms with E-state index in [1.807, 2.05) is 0 Å². The van der Waals surface area contributed by atoms with Crippen molar-refractivity contribution in [1.82, 2.24) is 10.2 Å². The van der Waals surface area contributed by atoms with E-state index in [-0.39, 0.29) is 5.56 Å². The zero-order chi connectivity index (χ0) is 21.2. The second-order valence-electron chi connectivity index (χ2n) is 5.78. The molecular weight excluding hydrogens is 397 g/mol. The number of aromatic amines is 1. The molecule has 0 saturated heterocycles. The average Bonchev–Trinajstić information content (AvgIpc) is 3.13. The van der Waals surface area contributed by atoms with Crippen molar-refractivity contribution in [3.8, 4) is 0 Å². The Kier molecular flexibility index (Phi) is 5.17. The number of anilines is 1. The number of carbonyl (C=O) groups is 2. The third kappa shape index (κ3) is 4.48. The van der Waals surface area contributed by atoms with Crippen LogP contribution >= 0.6 is 0 Å². The first kappa shape index (κ1) is 19.8. The number of nitro groups is 1. The second-order valence-corrected chi connectivity index (χ2v) is 5.78. The van der Waals surface area contributed by atoms with Crippen molar-refractivity contribution >= 4 is 34.2 Å². The third-order valence-corrected chi connectivity index (χ3v) is 3.81. The van der Waals surface area contributed by atoms with Gasteiger partial charge in [0.2, 0.25) is 0 Å². The van der Waals surface area contributed by atoms with E-state index < -0.39 is 46.5 Å². The van der Waals surface area contributed by atoms with Crippen LogP contribution < -0.4 is 5.32 Å². The Hall–Kier alpha value is -3.96. The van der Waals surface area contributed by atoms with E-state index in [1.54, 1.807) is 12.3 Å². The van der Waals surface area contributed by atoms with Crippen molar-refractivity contribution in [2.75, 3.05) is 11.9 Å². The maximum atomic E-state index is 12.7. The second kappa shape index (κ2) is 7.58. The first-order valence-electron chi connectivity index (χ1n) is 7.91. The summed E-state index contributed by atoms with van der Waals surface area (Å²) in [4.78, 5) is 33.9. The maximum Gasteiger partial charge on any atom is 0.416 e. The van der Waals surface area contributed by atoms with Crippen molar-refractivity contribution < 1.29 is 32.4 Å². The molecule has 29 heavy (non-hydrogen) atoms. The fourth-order valence-electron chi connectivity index (χ4n) is 2.43. The number of halogens is 3. The van der Waals surface area contributed by atoms with Crippen LogP contribution in [0.5, 0.6) is 0 Å². The third-order valence-electron chi connectivity index (χ3n) is 3.81. The van der Waals surface area contributed by atoms with Gasteiger partial charge in [0.05, 0.1) is 27.8 Å². The highest BCUT2D eigenvalue weighted by molar-refractivity contribution is 5.98. The Morgan fingerprint density at radius 1 is 1.21 bits per heavy atom. The van der Waals surface area contributed by atoms with E-state index >= 15 is 0 Å². The van der Waals surface area contributed by atoms with Crippen LogP contribution in [-0.4, -0.2) is 33.6 Å². The Bertz CT molecular complexity index is 1110. The molecule has 0 saturated carbocycles. The highest BCUT2D eigenvalue weighted by Gasteiger charge is 2.33. The lowest BCUT2D eigenvalue weighted by Crippen LogP contribution is -2.21. The summed E-state index contributed by atoms with van der Waals surface area (Å²) < 4.78 is 42.9. The number of nitrogens with zero attached hydrogens (tertiary/aromatic N) is 2. The summed E-state index contributed by atoms with van der Waals surface area (Å²) in [6.45, 7) is -0.794. The Morgan fingerprint density at radius 3 is 2.66 bits per heavy atom. The predicted molar refractivity (Wildman–Crippen MR) is 93.1 cm³/mol. The molecule has 0 radical (unpaired) electrons. The van der Waals surface area contributed by atoms with Crippen molar-refractivity contribution in [3.05, 3.63) is 63.8 Å². The van der Waals surface area contributed by atoms with E-state index in [1.165, 1.54) is 12.1 Å². The number of ether oxygens (including phenoxy) is 1. The number of aromatic nitrogens is 2. The van der Waals surface area contributed by atoms with E-state index in [2.05, 4.69) is 15.5 Å². The summed E-state index contributed by atoms with van der Waals surface area (Å²) in [6, 6.07) is 6.19. The van der Waals surface area contributed by atoms with Crippen molar-refractivity contribution in [2.45, 2.75) is 6.18 Å². The van der Waals surface area contributed by atoms with Crippen LogP contribution in [-0.2, 0) is 15.7 Å². The van der Waals surface area contributed by atoms with Gasteiger partial charge in [-0.3, -0.25) is 20.0 Å². The monoisotopic (exact) mass is 408 g/mol. The van der Waals surface area contributed by atoms with Crippen LogP contribution in [0.3, 0.4) is 0 Å². The summed E-state index contributed by atoms with van der Waals surface area (Å²) >= 11 is 0. The van der Waals surface area contributed by atoms with E-state index in [4.69, 9.17) is 4.74 Å². The molecule has 2 N–H and O–H groups in total. The van der Waals surface area contributed by atoms with Crippen LogP contribution in [0.1, 0.15) is 15.9 Å². The number of carbonyl (C=O) groups excluding carboxylic acids is 2. The molecule has 3 aromatic rings. The molecule has 0 spiro atoms. The molecule has 0 aliphatic carbocycles. The maximum absolute atomic E-state index is 12.7. The molecular formula is C17H11F3N4O5. The van der Waals surface area contributed by atoms with E-state index in [9.17, 15) is 32.9 Å². The molecule has 3 rings (SSSR count). The van der Waals surface area contributed by atoms with Gasteiger partial charge in [-0.25, -0.2) is 4.79 Å². The quantitative estimate of drug-likeness (QED) is 0.379. The molecule has 0 bridgehead atoms. The van der Waals surface area contributed by atoms with Gasteiger partial charge in [0.15, 0.2) is 6.61 Å². The van der Waals surface area contributed by atoms with Crippen LogP contribution in [0.2, 0.25) is 0 Å². The number of esters is 1. The van der Waals surface area contributed by atoms with Gasteiger partial charge in [-0.05, 0) is 24.3 Å². The molecule has 9 nitrogen and oxygen atoms in total. The van der Waals surface area contributed by atoms with Gasteiger partial charge in [-0.1, -0.05) is 6.07 Å². The summed E-state index contributed by atoms with van der Waals surface area (Å²) in [6.07, 6.45) is -3.23. The highest BCUT2D eigenvalue weighted by atomic mass is 19.4. The largest absolute Gasteiger partial charge is 0.452 e. The number of amides is 1. The van der Waals surface area contributed by atoms with E-state index in [0.29, 0.717) is 17.6 Å². The lowest BCUT2D eigenvalue weighted by Gasteiger charge is -2.10. The first-order chi connectivity index (χ1) is 13.6. The smallest absolute Gasteiger partial charge is 0.416 e. The molecule has 0 atom stereocenters. The van der Waals surface area contributed by atoms with Gasteiger partial charge in [-0.2, -0.15) is 18.3 Å². The SMILES string of the molecule is O=C(COC(=O)c1ccc2cn[nH]c2c1)Nc1ccc(C(F)(F)F)cc1[N+](=O)[O-]. The Labute approximate surface area is 159 Å². The molecule has 2 aromatic carbocycles. The number of H-pyrrole nitrogens is 1. The van der Waals surface area contributed by atoms with Gasteiger partial charge in [0.1, 0.15) is 5.69 Å². The summed E-state index contributed by atoms with van der Waals surface area (Å²) in [7, 11) is 0. The normalized spacial score (nSPS) is 11.3. The number of benzene rings is 2. The van der Waals surface area contributed by atoms with Crippen molar-refractivity contribution in [1.29, 1.82) is 0 Å². The number of rotatable bonds is 5. The standard InChI is InChI=1S/C17H11F3N4O5/c18-17(19,20)11-3-4-12(14(6-11)24(27)28)22-15(25)8-29-16(26)9-1-2-10-7-21-23-13(10)5-9/h1-7H,8H2,(H,21,23)(H,22,25). The fraction of sp³-hybridized carbons (Fsp3) is 0.118. The first-order valence-corrected chi connectivity index (χ1v) is 7.91. The van der Waals surface area contributed by atoms with E-state index in [0.717, 1.165) is 11.5 Å². The zero-order valence-electron chi connectivity index (χ0n) is 14.3. The van der Waals surface area contributed by atoms with Crippen molar-refractivity contribution in [2.24, 2.45) is 0 Å². The number of hydrogen-bond acceptors (Lipinski definition) is 6. The molecule has 1 amide bonds. The molecule has 1 heterocycles. The predicted octanol–water partition coefficient (Wildman–Crippen LogP) is 3.29. The minimum absolute atomic E-state index is 0.134. The van der Waals surface area contributed by atoms with Crippen LogP contribution in [0, 0.1) is 10.1 Å². The Balaban J connectivity index is 1.67. The number of hydrogen-bond donors (Lipinski definition) is 2. The topological polar surface area (TPSA) is 127 Å². The average molecular weight is 408 g/mol. The van der Waals surface area contributed by atoms with Gasteiger partial charge < -0.3 is 10.1 Å². The molecule has 1 aromatic heterocycles. The summed E-state index contributed by atoms with van der Waals surface area (Å²) in [5.41, 5.74) is -1.92. The minimum atomic E-state index is -4.78. The van der Waals surface area contributed by atoms with Crippen LogP contribution in [0.4, 0.5) is 24.5 Å². The lowest BCUT2D eigenvalue weighted by molar-refractivity contribution is -0.384. The molecule has 0 aliphatic rings. The molecule has 0 fully saturated rings. The number of fused-ring (bicyclic) bond motifs is 1. The van der Waals surface area contributed by atoms with Gasteiger partial charge in [0.25, 0.3) is 11.6 Å². The van der Waals surface area contributed by atoms with Crippen molar-refractivity contribution in [3.63, 3.8) is 0 Å². The molecule has 0 unspecified atom stereocenters. The van der Waals surface area contributed by atoms with Gasteiger partial charge in [-0.15, -0.1) is 0 Å². The fourth-order valence-corrected chi connectivity index (χ4v) is 2.43. The van der Waals surface area contributed by atoms with Gasteiger partial charge in [0, 0.05) is 11.5 Å². The zero-order valence-corrected chi connectivity index (χ0v) is 14.3. The highest BCUT2D eigenvalue weighted by Crippen LogP contribution is 2.34. The molecule has 12 heteroatoms. The molecule has 0 aliphatic heterocycles. The summed E-state index contributed by atoms with van der Waals surface area (Å²) in [5, 5.41) is 20.3. The lowest BCUT2D eigenvalue weighted by atomic mass is 10.1. The Morgan fingerprint density at radius 2 is 1.97 bits per heavy atom. The number of alkyl halides is 3. The molecule has 150 valence electrons. The summed E-state index contributed by atoms with van der Waals surface area (Å²) in [5.74, 6) is -1.79. The van der Waals surface area contributed by atoms with Gasteiger partial charge >= 0.3 is 12.1 Å².